The van der Waals surface area contributed by atoms with Crippen molar-refractivity contribution in [2.45, 2.75) is 51.5 Å². The summed E-state index contributed by atoms with van der Waals surface area (Å²) in [7, 11) is 0. The topological polar surface area (TPSA) is 43.1 Å². The molecule has 0 atom stereocenters. The normalized spacial score (nSPS) is 17.6. The Kier molecular flexibility index (Phi) is 3.86. The maximum absolute atomic E-state index is 12.2. The minimum atomic E-state index is -0.217. The molecule has 0 aliphatic heterocycles. The minimum absolute atomic E-state index is 0.197. The summed E-state index contributed by atoms with van der Waals surface area (Å²) in [4.78, 5) is 12.2. The molecular formula is C16H23NO. The van der Waals surface area contributed by atoms with Crippen LogP contribution < -0.4 is 5.73 Å². The molecule has 0 aromatic heterocycles. The van der Waals surface area contributed by atoms with E-state index in [1.807, 2.05) is 18.2 Å². The molecule has 2 rings (SSSR count). The van der Waals surface area contributed by atoms with E-state index in [1.54, 1.807) is 0 Å². The van der Waals surface area contributed by atoms with Gasteiger partial charge in [0.15, 0.2) is 5.78 Å². The lowest BCUT2D eigenvalue weighted by atomic mass is 9.73. The van der Waals surface area contributed by atoms with Gasteiger partial charge in [0.2, 0.25) is 0 Å². The van der Waals surface area contributed by atoms with Gasteiger partial charge in [-0.15, -0.1) is 0 Å². The summed E-state index contributed by atoms with van der Waals surface area (Å²) in [5.74, 6) is 0.811. The van der Waals surface area contributed by atoms with Crippen LogP contribution in [0.1, 0.15) is 55.5 Å². The van der Waals surface area contributed by atoms with Gasteiger partial charge in [-0.25, -0.2) is 0 Å². The number of hydrogen-bond acceptors (Lipinski definition) is 2. The van der Waals surface area contributed by atoms with Crippen LogP contribution >= 0.6 is 0 Å². The molecule has 0 radical (unpaired) electrons. The third kappa shape index (κ3) is 3.20. The molecule has 1 aromatic carbocycles. The second-order valence-corrected chi connectivity index (χ2v) is 6.11. The molecule has 0 heterocycles. The molecule has 2 heteroatoms. The fraction of sp³-hybridized carbons (Fsp3) is 0.562. The molecule has 2 nitrogen and oxygen atoms in total. The number of rotatable bonds is 5. The Hall–Kier alpha value is -1.15. The number of nitrogens with two attached hydrogens (primary N) is 1. The first-order chi connectivity index (χ1) is 8.48. The predicted octanol–water partition coefficient (Wildman–Crippen LogP) is 3.34. The molecule has 2 N–H and O–H groups in total. The lowest BCUT2D eigenvalue weighted by molar-refractivity contribution is 0.0912. The first-order valence-corrected chi connectivity index (χ1v) is 6.89. The van der Waals surface area contributed by atoms with E-state index >= 15 is 0 Å². The maximum Gasteiger partial charge on any atom is 0.164 e. The molecular weight excluding hydrogens is 222 g/mol. The van der Waals surface area contributed by atoms with Crippen molar-refractivity contribution in [2.75, 3.05) is 0 Å². The van der Waals surface area contributed by atoms with Crippen LogP contribution in [0.15, 0.2) is 24.3 Å². The van der Waals surface area contributed by atoms with Crippen molar-refractivity contribution in [2.24, 2.45) is 11.7 Å². The van der Waals surface area contributed by atoms with Gasteiger partial charge in [0, 0.05) is 17.5 Å². The zero-order valence-electron chi connectivity index (χ0n) is 11.4. The molecule has 1 fully saturated rings. The van der Waals surface area contributed by atoms with Gasteiger partial charge in [-0.3, -0.25) is 4.79 Å². The fourth-order valence-electron chi connectivity index (χ4n) is 2.57. The summed E-state index contributed by atoms with van der Waals surface area (Å²) in [6.45, 7) is 4.38. The number of ketones is 1. The second-order valence-electron chi connectivity index (χ2n) is 6.11. The van der Waals surface area contributed by atoms with Crippen LogP contribution in [-0.2, 0) is 6.42 Å². The zero-order valence-corrected chi connectivity index (χ0v) is 11.4. The number of hydrogen-bond donors (Lipinski definition) is 1. The van der Waals surface area contributed by atoms with Crippen molar-refractivity contribution < 1.29 is 4.79 Å². The monoisotopic (exact) mass is 245 g/mol. The molecule has 0 saturated heterocycles. The predicted molar refractivity (Wildman–Crippen MR) is 74.7 cm³/mol. The Morgan fingerprint density at radius 2 is 2.11 bits per heavy atom. The van der Waals surface area contributed by atoms with E-state index in [9.17, 15) is 4.79 Å². The molecule has 1 aromatic rings. The highest BCUT2D eigenvalue weighted by Gasteiger charge is 2.34. The average molecular weight is 245 g/mol. The molecule has 0 unspecified atom stereocenters. The standard InChI is InChI=1S/C16H23NO/c1-12(2)9-13-5-3-6-14(10-13)15(18)11-16(17)7-4-8-16/h3,5-6,10,12H,4,7-9,11,17H2,1-2H3. The van der Waals surface area contributed by atoms with Gasteiger partial charge in [0.05, 0.1) is 0 Å². The van der Waals surface area contributed by atoms with Crippen LogP contribution in [0.2, 0.25) is 0 Å². The molecule has 18 heavy (non-hydrogen) atoms. The van der Waals surface area contributed by atoms with E-state index < -0.39 is 0 Å². The summed E-state index contributed by atoms with van der Waals surface area (Å²) in [6.07, 6.45) is 4.67. The highest BCUT2D eigenvalue weighted by molar-refractivity contribution is 5.97. The SMILES string of the molecule is CC(C)Cc1cccc(C(=O)CC2(N)CCC2)c1. The summed E-state index contributed by atoms with van der Waals surface area (Å²) < 4.78 is 0. The van der Waals surface area contributed by atoms with E-state index in [1.165, 1.54) is 5.56 Å². The Balaban J connectivity index is 2.05. The van der Waals surface area contributed by atoms with Gasteiger partial charge in [-0.2, -0.15) is 0 Å². The van der Waals surface area contributed by atoms with E-state index in [0.29, 0.717) is 12.3 Å². The molecule has 0 bridgehead atoms. The molecule has 0 amide bonds. The Morgan fingerprint density at radius 1 is 1.39 bits per heavy atom. The van der Waals surface area contributed by atoms with Crippen LogP contribution in [0, 0.1) is 5.92 Å². The quantitative estimate of drug-likeness (QED) is 0.808. The van der Waals surface area contributed by atoms with Gasteiger partial charge >= 0.3 is 0 Å². The highest BCUT2D eigenvalue weighted by Crippen LogP contribution is 2.33. The van der Waals surface area contributed by atoms with Crippen LogP contribution in [0.4, 0.5) is 0 Å². The molecule has 98 valence electrons. The third-order valence-electron chi connectivity index (χ3n) is 3.75. The Labute approximate surface area is 110 Å². The van der Waals surface area contributed by atoms with Crippen LogP contribution in [0.3, 0.4) is 0 Å². The summed E-state index contributed by atoms with van der Waals surface area (Å²) in [5, 5.41) is 0. The molecule has 0 spiro atoms. The van der Waals surface area contributed by atoms with Crippen LogP contribution in [0.25, 0.3) is 0 Å². The highest BCUT2D eigenvalue weighted by atomic mass is 16.1. The Morgan fingerprint density at radius 3 is 2.67 bits per heavy atom. The summed E-state index contributed by atoms with van der Waals surface area (Å²) >= 11 is 0. The second kappa shape index (κ2) is 5.23. The van der Waals surface area contributed by atoms with Gasteiger partial charge in [-0.05, 0) is 43.2 Å². The Bertz CT molecular complexity index is 432. The number of Topliss-reactive ketones (excluding diaryl/α,β-unsaturated/α-hetero) is 1. The lowest BCUT2D eigenvalue weighted by Gasteiger charge is -2.37. The molecule has 1 saturated carbocycles. The summed E-state index contributed by atoms with van der Waals surface area (Å²) in [6, 6.07) is 8.02. The van der Waals surface area contributed by atoms with Gasteiger partial charge in [0.1, 0.15) is 0 Å². The first-order valence-electron chi connectivity index (χ1n) is 6.89. The molecule has 1 aliphatic carbocycles. The lowest BCUT2D eigenvalue weighted by Crippen LogP contribution is -2.48. The van der Waals surface area contributed by atoms with Crippen molar-refractivity contribution in [3.8, 4) is 0 Å². The van der Waals surface area contributed by atoms with Crippen LogP contribution in [0.5, 0.6) is 0 Å². The zero-order chi connectivity index (χ0) is 13.2. The fourth-order valence-corrected chi connectivity index (χ4v) is 2.57. The third-order valence-corrected chi connectivity index (χ3v) is 3.75. The van der Waals surface area contributed by atoms with Crippen molar-refractivity contribution in [3.63, 3.8) is 0 Å². The van der Waals surface area contributed by atoms with E-state index in [4.69, 9.17) is 5.73 Å². The van der Waals surface area contributed by atoms with Crippen molar-refractivity contribution in [3.05, 3.63) is 35.4 Å². The molecule has 1 aliphatic rings. The minimum Gasteiger partial charge on any atom is -0.325 e. The maximum atomic E-state index is 12.2. The number of carbonyl (C=O) groups excluding carboxylic acids is 1. The van der Waals surface area contributed by atoms with Crippen molar-refractivity contribution in [1.29, 1.82) is 0 Å². The smallest absolute Gasteiger partial charge is 0.164 e. The average Bonchev–Trinajstić information content (AvgIpc) is 2.26. The van der Waals surface area contributed by atoms with E-state index in [-0.39, 0.29) is 11.3 Å². The van der Waals surface area contributed by atoms with Crippen molar-refractivity contribution >= 4 is 5.78 Å². The van der Waals surface area contributed by atoms with Gasteiger partial charge in [0.25, 0.3) is 0 Å². The number of benzene rings is 1. The largest absolute Gasteiger partial charge is 0.325 e. The van der Waals surface area contributed by atoms with E-state index in [0.717, 1.165) is 31.2 Å². The number of carbonyl (C=O) groups is 1. The van der Waals surface area contributed by atoms with Gasteiger partial charge < -0.3 is 5.73 Å². The van der Waals surface area contributed by atoms with Crippen LogP contribution in [-0.4, -0.2) is 11.3 Å². The van der Waals surface area contributed by atoms with Gasteiger partial charge in [-0.1, -0.05) is 32.0 Å². The first kappa shape index (κ1) is 13.3. The summed E-state index contributed by atoms with van der Waals surface area (Å²) in [5.41, 5.74) is 7.99. The van der Waals surface area contributed by atoms with Crippen molar-refractivity contribution in [1.82, 2.24) is 0 Å². The van der Waals surface area contributed by atoms with E-state index in [2.05, 4.69) is 19.9 Å².